The van der Waals surface area contributed by atoms with E-state index in [1.807, 2.05) is 6.26 Å². The van der Waals surface area contributed by atoms with E-state index in [0.29, 0.717) is 31.2 Å². The molecule has 1 aliphatic heterocycles. The van der Waals surface area contributed by atoms with Gasteiger partial charge >= 0.3 is 12.0 Å². The van der Waals surface area contributed by atoms with Gasteiger partial charge in [-0.15, -0.1) is 0 Å². The number of carboxylic acids is 1. The van der Waals surface area contributed by atoms with Gasteiger partial charge in [0.1, 0.15) is 6.04 Å². The van der Waals surface area contributed by atoms with Gasteiger partial charge in [-0.1, -0.05) is 0 Å². The fourth-order valence-corrected chi connectivity index (χ4v) is 2.38. The highest BCUT2D eigenvalue weighted by Crippen LogP contribution is 2.12. The summed E-state index contributed by atoms with van der Waals surface area (Å²) >= 11 is 1.56. The quantitative estimate of drug-likeness (QED) is 0.649. The van der Waals surface area contributed by atoms with Crippen LogP contribution < -0.4 is 10.6 Å². The molecule has 2 amide bonds. The minimum absolute atomic E-state index is 0.328. The van der Waals surface area contributed by atoms with Crippen LogP contribution in [0.5, 0.6) is 0 Å². The Labute approximate surface area is 117 Å². The molecule has 2 atom stereocenters. The predicted molar refractivity (Wildman–Crippen MR) is 74.5 cm³/mol. The number of hydrogen-bond donors (Lipinski definition) is 3. The van der Waals surface area contributed by atoms with Gasteiger partial charge in [0.25, 0.3) is 0 Å². The molecule has 0 aliphatic carbocycles. The number of aliphatic carboxylic acids is 1. The Hall–Kier alpha value is -0.950. The second kappa shape index (κ2) is 9.03. The molecule has 1 saturated heterocycles. The molecule has 6 nitrogen and oxygen atoms in total. The molecule has 1 unspecified atom stereocenters. The van der Waals surface area contributed by atoms with Crippen molar-refractivity contribution in [2.45, 2.75) is 25.3 Å². The Morgan fingerprint density at radius 1 is 1.53 bits per heavy atom. The molecule has 0 aromatic carbocycles. The van der Waals surface area contributed by atoms with E-state index in [1.54, 1.807) is 11.8 Å². The number of hydrogen-bond acceptors (Lipinski definition) is 4. The lowest BCUT2D eigenvalue weighted by Crippen LogP contribution is -2.47. The lowest BCUT2D eigenvalue weighted by molar-refractivity contribution is -0.139. The zero-order valence-corrected chi connectivity index (χ0v) is 12.0. The number of nitrogens with one attached hydrogen (secondary N) is 2. The number of carbonyl (C=O) groups is 2. The first kappa shape index (κ1) is 16.1. The van der Waals surface area contributed by atoms with Crippen LogP contribution in [0.4, 0.5) is 4.79 Å². The smallest absolute Gasteiger partial charge is 0.326 e. The molecule has 0 aromatic rings. The van der Waals surface area contributed by atoms with Crippen molar-refractivity contribution in [1.29, 1.82) is 0 Å². The SMILES string of the molecule is CSCC[C@H](NC(=O)NCC1CCCOC1)C(=O)O. The van der Waals surface area contributed by atoms with Gasteiger partial charge in [-0.25, -0.2) is 9.59 Å². The van der Waals surface area contributed by atoms with Crippen molar-refractivity contribution >= 4 is 23.8 Å². The third-order valence-electron chi connectivity index (χ3n) is 3.02. The van der Waals surface area contributed by atoms with E-state index in [9.17, 15) is 9.59 Å². The summed E-state index contributed by atoms with van der Waals surface area (Å²) in [7, 11) is 0. The van der Waals surface area contributed by atoms with Crippen LogP contribution in [0, 0.1) is 5.92 Å². The normalized spacial score (nSPS) is 20.6. The summed E-state index contributed by atoms with van der Waals surface area (Å²) in [6.07, 6.45) is 4.38. The number of amides is 2. The standard InChI is InChI=1S/C12H22N2O4S/c1-19-6-4-10(11(15)16)14-12(17)13-7-9-3-2-5-18-8-9/h9-10H,2-8H2,1H3,(H,15,16)(H2,13,14,17)/t9?,10-/m0/s1. The second-order valence-electron chi connectivity index (χ2n) is 4.61. The Kier molecular flexibility index (Phi) is 7.66. The first-order chi connectivity index (χ1) is 9.13. The molecule has 0 spiro atoms. The lowest BCUT2D eigenvalue weighted by atomic mass is 10.0. The molecule has 0 bridgehead atoms. The molecule has 0 aromatic heterocycles. The van der Waals surface area contributed by atoms with E-state index in [0.717, 1.165) is 19.4 Å². The van der Waals surface area contributed by atoms with Crippen molar-refractivity contribution < 1.29 is 19.4 Å². The van der Waals surface area contributed by atoms with Crippen LogP contribution in [0.3, 0.4) is 0 Å². The van der Waals surface area contributed by atoms with Gasteiger partial charge in [0.15, 0.2) is 0 Å². The van der Waals surface area contributed by atoms with E-state index in [2.05, 4.69) is 10.6 Å². The molecule has 1 fully saturated rings. The molecule has 1 rings (SSSR count). The van der Waals surface area contributed by atoms with Crippen molar-refractivity contribution in [3.05, 3.63) is 0 Å². The van der Waals surface area contributed by atoms with E-state index in [-0.39, 0.29) is 0 Å². The van der Waals surface area contributed by atoms with Crippen molar-refractivity contribution in [3.8, 4) is 0 Å². The Morgan fingerprint density at radius 3 is 2.89 bits per heavy atom. The summed E-state index contributed by atoms with van der Waals surface area (Å²) in [5, 5.41) is 14.2. The van der Waals surface area contributed by atoms with E-state index >= 15 is 0 Å². The number of thioether (sulfide) groups is 1. The number of ether oxygens (including phenoxy) is 1. The average molecular weight is 290 g/mol. The first-order valence-corrected chi connectivity index (χ1v) is 7.86. The molecule has 110 valence electrons. The van der Waals surface area contributed by atoms with Crippen LogP contribution in [0.25, 0.3) is 0 Å². The molecular formula is C12H22N2O4S. The van der Waals surface area contributed by atoms with E-state index in [1.165, 1.54) is 0 Å². The highest BCUT2D eigenvalue weighted by molar-refractivity contribution is 7.98. The maximum Gasteiger partial charge on any atom is 0.326 e. The summed E-state index contributed by atoms with van der Waals surface area (Å²) in [4.78, 5) is 22.6. The van der Waals surface area contributed by atoms with Crippen LogP contribution in [0.15, 0.2) is 0 Å². The number of carboxylic acid groups (broad SMARTS) is 1. The van der Waals surface area contributed by atoms with Gasteiger partial charge in [0.2, 0.25) is 0 Å². The average Bonchev–Trinajstić information content (AvgIpc) is 2.42. The fraction of sp³-hybridized carbons (Fsp3) is 0.833. The van der Waals surface area contributed by atoms with Gasteiger partial charge in [0, 0.05) is 13.2 Å². The highest BCUT2D eigenvalue weighted by Gasteiger charge is 2.20. The molecule has 0 radical (unpaired) electrons. The number of rotatable bonds is 7. The first-order valence-electron chi connectivity index (χ1n) is 6.47. The monoisotopic (exact) mass is 290 g/mol. The lowest BCUT2D eigenvalue weighted by Gasteiger charge is -2.22. The maximum absolute atomic E-state index is 11.6. The van der Waals surface area contributed by atoms with Gasteiger partial charge in [-0.2, -0.15) is 11.8 Å². The van der Waals surface area contributed by atoms with Gasteiger partial charge in [-0.3, -0.25) is 0 Å². The van der Waals surface area contributed by atoms with Crippen molar-refractivity contribution in [2.75, 3.05) is 31.8 Å². The summed E-state index contributed by atoms with van der Waals surface area (Å²) in [6, 6.07) is -1.24. The van der Waals surface area contributed by atoms with Crippen LogP contribution >= 0.6 is 11.8 Å². The Morgan fingerprint density at radius 2 is 2.32 bits per heavy atom. The summed E-state index contributed by atoms with van der Waals surface area (Å²) in [5.41, 5.74) is 0. The van der Waals surface area contributed by atoms with Gasteiger partial charge in [-0.05, 0) is 37.2 Å². The largest absolute Gasteiger partial charge is 0.480 e. The number of urea groups is 1. The minimum Gasteiger partial charge on any atom is -0.480 e. The summed E-state index contributed by atoms with van der Waals surface area (Å²) in [5.74, 6) is 0.0347. The van der Waals surface area contributed by atoms with Crippen LogP contribution in [0.2, 0.25) is 0 Å². The molecular weight excluding hydrogens is 268 g/mol. The molecule has 3 N–H and O–H groups in total. The Balaban J connectivity index is 2.25. The predicted octanol–water partition coefficient (Wildman–Crippen LogP) is 0.919. The van der Waals surface area contributed by atoms with Crippen LogP contribution in [-0.2, 0) is 9.53 Å². The third kappa shape index (κ3) is 6.68. The number of carbonyl (C=O) groups excluding carboxylic acids is 1. The summed E-state index contributed by atoms with van der Waals surface area (Å²) < 4.78 is 5.32. The Bertz CT molecular complexity index is 295. The van der Waals surface area contributed by atoms with Crippen molar-refractivity contribution in [1.82, 2.24) is 10.6 Å². The molecule has 0 saturated carbocycles. The van der Waals surface area contributed by atoms with Crippen LogP contribution in [0.1, 0.15) is 19.3 Å². The van der Waals surface area contributed by atoms with Gasteiger partial charge < -0.3 is 20.5 Å². The zero-order valence-electron chi connectivity index (χ0n) is 11.2. The molecule has 1 heterocycles. The minimum atomic E-state index is -0.995. The van der Waals surface area contributed by atoms with Gasteiger partial charge in [0.05, 0.1) is 6.61 Å². The highest BCUT2D eigenvalue weighted by atomic mass is 32.2. The van der Waals surface area contributed by atoms with Crippen LogP contribution in [-0.4, -0.2) is 54.9 Å². The van der Waals surface area contributed by atoms with Crippen molar-refractivity contribution in [3.63, 3.8) is 0 Å². The topological polar surface area (TPSA) is 87.7 Å². The third-order valence-corrected chi connectivity index (χ3v) is 3.66. The summed E-state index contributed by atoms with van der Waals surface area (Å²) in [6.45, 7) is 1.98. The molecule has 1 aliphatic rings. The van der Waals surface area contributed by atoms with E-state index < -0.39 is 18.0 Å². The fourth-order valence-electron chi connectivity index (χ4n) is 1.91. The van der Waals surface area contributed by atoms with E-state index in [4.69, 9.17) is 9.84 Å². The second-order valence-corrected chi connectivity index (χ2v) is 5.60. The van der Waals surface area contributed by atoms with Crippen molar-refractivity contribution in [2.24, 2.45) is 5.92 Å². The zero-order chi connectivity index (χ0) is 14.1. The maximum atomic E-state index is 11.6. The molecule has 7 heteroatoms. The molecule has 19 heavy (non-hydrogen) atoms.